The van der Waals surface area contributed by atoms with Gasteiger partial charge in [0.25, 0.3) is 5.91 Å². The van der Waals surface area contributed by atoms with Crippen molar-refractivity contribution in [3.63, 3.8) is 0 Å². The van der Waals surface area contributed by atoms with Crippen molar-refractivity contribution < 1.29 is 13.2 Å². The fourth-order valence-electron chi connectivity index (χ4n) is 1.91. The lowest BCUT2D eigenvalue weighted by Crippen LogP contribution is -2.26. The lowest BCUT2D eigenvalue weighted by Gasteiger charge is -2.06. The Morgan fingerprint density at radius 1 is 1.29 bits per heavy atom. The van der Waals surface area contributed by atoms with E-state index in [0.29, 0.717) is 17.8 Å². The number of rotatable bonds is 6. The first kappa shape index (κ1) is 15.7. The summed E-state index contributed by atoms with van der Waals surface area (Å²) in [5.74, 6) is -0.617. The van der Waals surface area contributed by atoms with Gasteiger partial charge in [-0.25, -0.2) is 13.1 Å². The van der Waals surface area contributed by atoms with Crippen LogP contribution in [-0.4, -0.2) is 20.9 Å². The normalized spacial score (nSPS) is 11.5. The third-order valence-electron chi connectivity index (χ3n) is 2.95. The van der Waals surface area contributed by atoms with Crippen LogP contribution in [0.15, 0.2) is 41.3 Å². The topological polar surface area (TPSA) is 89.3 Å². The highest BCUT2D eigenvalue weighted by atomic mass is 32.2. The number of hydrogen-bond donors (Lipinski definition) is 2. The molecule has 112 valence electrons. The van der Waals surface area contributed by atoms with Crippen LogP contribution < -0.4 is 10.5 Å². The van der Waals surface area contributed by atoms with E-state index >= 15 is 0 Å². The molecular weight excluding hydrogens is 308 g/mol. The van der Waals surface area contributed by atoms with Gasteiger partial charge in [-0.1, -0.05) is 30.3 Å². The van der Waals surface area contributed by atoms with Gasteiger partial charge in [0.1, 0.15) is 0 Å². The highest BCUT2D eigenvalue weighted by molar-refractivity contribution is 7.89. The number of hydrogen-bond acceptors (Lipinski definition) is 4. The summed E-state index contributed by atoms with van der Waals surface area (Å²) < 4.78 is 27.0. The monoisotopic (exact) mass is 324 g/mol. The average Bonchev–Trinajstić information content (AvgIpc) is 2.83. The van der Waals surface area contributed by atoms with Crippen LogP contribution in [0.3, 0.4) is 0 Å². The molecule has 0 fully saturated rings. The van der Waals surface area contributed by atoms with Gasteiger partial charge in [0.2, 0.25) is 10.0 Å². The van der Waals surface area contributed by atoms with Crippen LogP contribution in [0, 0.1) is 6.92 Å². The minimum Gasteiger partial charge on any atom is -0.365 e. The van der Waals surface area contributed by atoms with Crippen LogP contribution in [0.4, 0.5) is 0 Å². The molecule has 5 nitrogen and oxygen atoms in total. The maximum atomic E-state index is 12.2. The molecule has 1 amide bonds. The van der Waals surface area contributed by atoms with E-state index in [2.05, 4.69) is 4.72 Å². The smallest absolute Gasteiger partial charge is 0.258 e. The molecule has 0 radical (unpaired) electrons. The minimum absolute atomic E-state index is 0.120. The SMILES string of the molecule is Cc1sc(C(N)=O)cc1S(=O)(=O)NCCc1ccccc1. The van der Waals surface area contributed by atoms with Crippen molar-refractivity contribution in [2.24, 2.45) is 5.73 Å². The van der Waals surface area contributed by atoms with Crippen LogP contribution in [0.25, 0.3) is 0 Å². The number of nitrogens with one attached hydrogen (secondary N) is 1. The van der Waals surface area contributed by atoms with Crippen molar-refractivity contribution >= 4 is 27.3 Å². The molecule has 0 saturated carbocycles. The maximum absolute atomic E-state index is 12.2. The Bertz CT molecular complexity index is 737. The Balaban J connectivity index is 2.07. The molecule has 0 bridgehead atoms. The first-order chi connectivity index (χ1) is 9.90. The number of thiophene rings is 1. The molecule has 0 saturated heterocycles. The van der Waals surface area contributed by atoms with E-state index in [-0.39, 0.29) is 9.77 Å². The van der Waals surface area contributed by atoms with Crippen LogP contribution >= 0.6 is 11.3 Å². The molecule has 0 aliphatic heterocycles. The third kappa shape index (κ3) is 3.90. The Kier molecular flexibility index (Phi) is 4.76. The second kappa shape index (κ2) is 6.38. The number of primary amides is 1. The molecule has 3 N–H and O–H groups in total. The van der Waals surface area contributed by atoms with Crippen LogP contribution in [-0.2, 0) is 16.4 Å². The highest BCUT2D eigenvalue weighted by Gasteiger charge is 2.21. The Labute approximate surface area is 127 Å². The average molecular weight is 324 g/mol. The molecule has 0 aliphatic rings. The van der Waals surface area contributed by atoms with Gasteiger partial charge < -0.3 is 5.73 Å². The maximum Gasteiger partial charge on any atom is 0.258 e. The van der Waals surface area contributed by atoms with E-state index in [4.69, 9.17) is 5.73 Å². The van der Waals surface area contributed by atoms with E-state index in [0.717, 1.165) is 16.9 Å². The van der Waals surface area contributed by atoms with Crippen molar-refractivity contribution in [3.05, 3.63) is 51.7 Å². The standard InChI is InChI=1S/C14H16N2O3S2/c1-10-13(9-12(20-10)14(15)17)21(18,19)16-8-7-11-5-3-2-4-6-11/h2-6,9,16H,7-8H2,1H3,(H2,15,17). The molecule has 1 heterocycles. The molecule has 1 aromatic carbocycles. The first-order valence-corrected chi connectivity index (χ1v) is 8.64. The molecule has 1 aromatic heterocycles. The van der Waals surface area contributed by atoms with Gasteiger partial charge in [-0.15, -0.1) is 11.3 Å². The third-order valence-corrected chi connectivity index (χ3v) is 5.73. The highest BCUT2D eigenvalue weighted by Crippen LogP contribution is 2.25. The molecule has 0 atom stereocenters. The zero-order chi connectivity index (χ0) is 15.5. The summed E-state index contributed by atoms with van der Waals surface area (Å²) in [6, 6.07) is 10.9. The Morgan fingerprint density at radius 2 is 1.95 bits per heavy atom. The van der Waals surface area contributed by atoms with E-state index in [1.807, 2.05) is 30.3 Å². The number of benzene rings is 1. The van der Waals surface area contributed by atoms with Crippen molar-refractivity contribution in [1.82, 2.24) is 4.72 Å². The lowest BCUT2D eigenvalue weighted by atomic mass is 10.2. The number of carbonyl (C=O) groups is 1. The molecule has 2 rings (SSSR count). The second-order valence-electron chi connectivity index (χ2n) is 4.53. The van der Waals surface area contributed by atoms with Crippen molar-refractivity contribution in [2.75, 3.05) is 6.54 Å². The van der Waals surface area contributed by atoms with Crippen LogP contribution in [0.2, 0.25) is 0 Å². The number of aryl methyl sites for hydroxylation is 1. The summed E-state index contributed by atoms with van der Waals surface area (Å²) in [5.41, 5.74) is 6.23. The fourth-order valence-corrected chi connectivity index (χ4v) is 4.38. The second-order valence-corrected chi connectivity index (χ2v) is 7.52. The predicted octanol–water partition coefficient (Wildman–Crippen LogP) is 1.68. The van der Waals surface area contributed by atoms with Gasteiger partial charge >= 0.3 is 0 Å². The lowest BCUT2D eigenvalue weighted by molar-refractivity contribution is 0.100. The zero-order valence-corrected chi connectivity index (χ0v) is 13.1. The molecule has 2 aromatic rings. The quantitative estimate of drug-likeness (QED) is 0.847. The Hall–Kier alpha value is -1.70. The van der Waals surface area contributed by atoms with Crippen LogP contribution in [0.1, 0.15) is 20.1 Å². The first-order valence-electron chi connectivity index (χ1n) is 6.34. The van der Waals surface area contributed by atoms with Gasteiger partial charge in [0.05, 0.1) is 9.77 Å². The molecule has 7 heteroatoms. The van der Waals surface area contributed by atoms with Gasteiger partial charge in [-0.05, 0) is 25.0 Å². The van der Waals surface area contributed by atoms with E-state index in [9.17, 15) is 13.2 Å². The van der Waals surface area contributed by atoms with E-state index < -0.39 is 15.9 Å². The number of amides is 1. The molecular formula is C14H16N2O3S2. The predicted molar refractivity (Wildman–Crippen MR) is 82.9 cm³/mol. The minimum atomic E-state index is -3.62. The summed E-state index contributed by atoms with van der Waals surface area (Å²) >= 11 is 1.09. The summed E-state index contributed by atoms with van der Waals surface area (Å²) in [7, 11) is -3.62. The Morgan fingerprint density at radius 3 is 2.52 bits per heavy atom. The zero-order valence-electron chi connectivity index (χ0n) is 11.5. The molecule has 0 aliphatic carbocycles. The fraction of sp³-hybridized carbons (Fsp3) is 0.214. The summed E-state index contributed by atoms with van der Waals surface area (Å²) in [6.45, 7) is 1.95. The van der Waals surface area contributed by atoms with Gasteiger partial charge in [-0.2, -0.15) is 0 Å². The number of sulfonamides is 1. The van der Waals surface area contributed by atoms with Crippen LogP contribution in [0.5, 0.6) is 0 Å². The molecule has 0 spiro atoms. The molecule has 21 heavy (non-hydrogen) atoms. The summed E-state index contributed by atoms with van der Waals surface area (Å²) in [6.07, 6.45) is 0.603. The van der Waals surface area contributed by atoms with E-state index in [1.54, 1.807) is 6.92 Å². The number of carbonyl (C=O) groups excluding carboxylic acids is 1. The summed E-state index contributed by atoms with van der Waals surface area (Å²) in [5, 5.41) is 0. The van der Waals surface area contributed by atoms with Crippen molar-refractivity contribution in [2.45, 2.75) is 18.2 Å². The van der Waals surface area contributed by atoms with Crippen molar-refractivity contribution in [1.29, 1.82) is 0 Å². The number of nitrogens with two attached hydrogens (primary N) is 1. The molecule has 0 unspecified atom stereocenters. The van der Waals surface area contributed by atoms with Gasteiger partial charge in [0.15, 0.2) is 0 Å². The largest absolute Gasteiger partial charge is 0.365 e. The van der Waals surface area contributed by atoms with Crippen molar-refractivity contribution in [3.8, 4) is 0 Å². The van der Waals surface area contributed by atoms with Gasteiger partial charge in [0, 0.05) is 11.4 Å². The van der Waals surface area contributed by atoms with Gasteiger partial charge in [-0.3, -0.25) is 4.79 Å². The summed E-state index contributed by atoms with van der Waals surface area (Å²) in [4.78, 5) is 12.0. The van der Waals surface area contributed by atoms with E-state index in [1.165, 1.54) is 6.07 Å².